The van der Waals surface area contributed by atoms with E-state index in [2.05, 4.69) is 28.9 Å². The summed E-state index contributed by atoms with van der Waals surface area (Å²) >= 11 is 0. The van der Waals surface area contributed by atoms with Crippen LogP contribution in [-0.4, -0.2) is 21.3 Å². The third kappa shape index (κ3) is 2.60. The average Bonchev–Trinajstić information content (AvgIpc) is 2.74. The first-order valence-electron chi connectivity index (χ1n) is 8.02. The molecule has 1 aliphatic heterocycles. The van der Waals surface area contributed by atoms with E-state index >= 15 is 0 Å². The van der Waals surface area contributed by atoms with E-state index in [0.29, 0.717) is 11.4 Å². The molecule has 0 atom stereocenters. The maximum atomic E-state index is 12.0. The second-order valence-corrected chi connectivity index (χ2v) is 6.55. The molecular formula is C18H23N3O2. The smallest absolute Gasteiger partial charge is 0.268 e. The third-order valence-corrected chi connectivity index (χ3v) is 4.25. The highest BCUT2D eigenvalue weighted by Gasteiger charge is 2.35. The van der Waals surface area contributed by atoms with Crippen molar-refractivity contribution in [1.29, 1.82) is 0 Å². The van der Waals surface area contributed by atoms with Crippen molar-refractivity contribution in [2.75, 3.05) is 5.32 Å². The van der Waals surface area contributed by atoms with E-state index in [1.807, 2.05) is 25.1 Å². The Hall–Kier alpha value is -2.30. The number of amides is 1. The first-order valence-corrected chi connectivity index (χ1v) is 8.02. The maximum absolute atomic E-state index is 12.0. The van der Waals surface area contributed by atoms with E-state index in [1.54, 1.807) is 13.8 Å². The Labute approximate surface area is 136 Å². The van der Waals surface area contributed by atoms with Gasteiger partial charge >= 0.3 is 0 Å². The number of hydrogen-bond acceptors (Lipinski definition) is 3. The van der Waals surface area contributed by atoms with Crippen molar-refractivity contribution in [3.8, 4) is 16.9 Å². The second-order valence-electron chi connectivity index (χ2n) is 6.55. The number of nitrogens with one attached hydrogen (secondary N) is 1. The molecule has 0 saturated heterocycles. The predicted molar refractivity (Wildman–Crippen MR) is 90.8 cm³/mol. The van der Waals surface area contributed by atoms with Crippen molar-refractivity contribution in [2.24, 2.45) is 0 Å². The molecule has 5 nitrogen and oxygen atoms in total. The van der Waals surface area contributed by atoms with E-state index < -0.39 is 5.60 Å². The van der Waals surface area contributed by atoms with Gasteiger partial charge in [-0.2, -0.15) is 5.10 Å². The van der Waals surface area contributed by atoms with Crippen LogP contribution in [0.5, 0.6) is 5.75 Å². The Kier molecular flexibility index (Phi) is 3.66. The molecule has 122 valence electrons. The van der Waals surface area contributed by atoms with Crippen molar-refractivity contribution < 1.29 is 9.53 Å². The quantitative estimate of drug-likeness (QED) is 0.940. The van der Waals surface area contributed by atoms with Gasteiger partial charge in [0.15, 0.2) is 5.60 Å². The fraction of sp³-hybridized carbons (Fsp3) is 0.444. The van der Waals surface area contributed by atoms with Gasteiger partial charge < -0.3 is 10.1 Å². The van der Waals surface area contributed by atoms with Crippen molar-refractivity contribution in [3.63, 3.8) is 0 Å². The number of ether oxygens (including phenoxy) is 1. The molecule has 0 fully saturated rings. The summed E-state index contributed by atoms with van der Waals surface area (Å²) in [6.07, 6.45) is 1.05. The molecule has 3 rings (SSSR count). The number of aryl methyl sites for hydroxylation is 2. The number of anilines is 1. The molecule has 0 radical (unpaired) electrons. The zero-order chi connectivity index (χ0) is 16.8. The Morgan fingerprint density at radius 1 is 1.30 bits per heavy atom. The van der Waals surface area contributed by atoms with Gasteiger partial charge in [0.25, 0.3) is 5.91 Å². The van der Waals surface area contributed by atoms with E-state index in [4.69, 9.17) is 4.74 Å². The number of aromatic nitrogens is 2. The lowest BCUT2D eigenvalue weighted by Crippen LogP contribution is -2.45. The number of carbonyl (C=O) groups is 1. The molecule has 0 aliphatic carbocycles. The molecule has 2 aromatic rings. The normalized spacial score (nSPS) is 15.8. The lowest BCUT2D eigenvalue weighted by Gasteiger charge is -2.31. The van der Waals surface area contributed by atoms with Crippen LogP contribution >= 0.6 is 0 Å². The van der Waals surface area contributed by atoms with E-state index in [1.165, 1.54) is 0 Å². The summed E-state index contributed by atoms with van der Waals surface area (Å²) in [7, 11) is 0. The predicted octanol–water partition coefficient (Wildman–Crippen LogP) is 3.69. The molecule has 1 aromatic carbocycles. The average molecular weight is 313 g/mol. The van der Waals surface area contributed by atoms with Crippen molar-refractivity contribution >= 4 is 11.6 Å². The number of nitrogens with zero attached hydrogens (tertiary/aromatic N) is 2. The van der Waals surface area contributed by atoms with Crippen LogP contribution in [0.1, 0.15) is 38.6 Å². The first-order chi connectivity index (χ1) is 10.8. The molecule has 0 unspecified atom stereocenters. The highest BCUT2D eigenvalue weighted by atomic mass is 16.5. The van der Waals surface area contributed by atoms with Crippen LogP contribution in [0, 0.1) is 13.8 Å². The van der Waals surface area contributed by atoms with Crippen LogP contribution < -0.4 is 10.1 Å². The summed E-state index contributed by atoms with van der Waals surface area (Å²) < 4.78 is 7.94. The fourth-order valence-corrected chi connectivity index (χ4v) is 3.00. The van der Waals surface area contributed by atoms with E-state index in [0.717, 1.165) is 35.5 Å². The molecule has 2 heterocycles. The number of hydrogen-bond donors (Lipinski definition) is 1. The zero-order valence-electron chi connectivity index (χ0n) is 14.4. The van der Waals surface area contributed by atoms with E-state index in [9.17, 15) is 4.79 Å². The largest absolute Gasteiger partial charge is 0.476 e. The third-order valence-electron chi connectivity index (χ3n) is 4.25. The minimum atomic E-state index is -0.859. The summed E-state index contributed by atoms with van der Waals surface area (Å²) in [5.74, 6) is 0.579. The van der Waals surface area contributed by atoms with Gasteiger partial charge in [0.1, 0.15) is 5.75 Å². The molecule has 1 aliphatic rings. The Morgan fingerprint density at radius 3 is 2.74 bits per heavy atom. The number of fused-ring (bicyclic) bond motifs is 1. The van der Waals surface area contributed by atoms with Gasteiger partial charge in [-0.05, 0) is 51.8 Å². The topological polar surface area (TPSA) is 56.2 Å². The lowest BCUT2D eigenvalue weighted by atomic mass is 10.0. The van der Waals surface area contributed by atoms with Gasteiger partial charge in [-0.3, -0.25) is 9.48 Å². The highest BCUT2D eigenvalue weighted by Crippen LogP contribution is 2.38. The molecule has 1 aromatic heterocycles. The van der Waals surface area contributed by atoms with Crippen molar-refractivity contribution in [2.45, 2.75) is 53.2 Å². The molecule has 0 spiro atoms. The van der Waals surface area contributed by atoms with E-state index in [-0.39, 0.29) is 5.91 Å². The Morgan fingerprint density at radius 2 is 2.04 bits per heavy atom. The maximum Gasteiger partial charge on any atom is 0.268 e. The van der Waals surface area contributed by atoms with Crippen LogP contribution in [0.3, 0.4) is 0 Å². The number of rotatable bonds is 3. The molecule has 1 N–H and O–H groups in total. The van der Waals surface area contributed by atoms with Crippen molar-refractivity contribution in [1.82, 2.24) is 9.78 Å². The van der Waals surface area contributed by atoms with Gasteiger partial charge in [-0.25, -0.2) is 0 Å². The molecule has 0 bridgehead atoms. The van der Waals surface area contributed by atoms with Crippen LogP contribution in [-0.2, 0) is 11.3 Å². The van der Waals surface area contributed by atoms with Gasteiger partial charge in [-0.15, -0.1) is 0 Å². The minimum Gasteiger partial charge on any atom is -0.476 e. The summed E-state index contributed by atoms with van der Waals surface area (Å²) in [6, 6.07) is 5.89. The molecule has 23 heavy (non-hydrogen) atoms. The van der Waals surface area contributed by atoms with Gasteiger partial charge in [0.05, 0.1) is 11.4 Å². The summed E-state index contributed by atoms with van der Waals surface area (Å²) in [5, 5.41) is 7.53. The first kappa shape index (κ1) is 15.6. The van der Waals surface area contributed by atoms with Crippen LogP contribution in [0.4, 0.5) is 5.69 Å². The van der Waals surface area contributed by atoms with Crippen LogP contribution in [0.15, 0.2) is 18.2 Å². The molecule has 1 amide bonds. The summed E-state index contributed by atoms with van der Waals surface area (Å²) in [6.45, 7) is 10.7. The second kappa shape index (κ2) is 5.41. The minimum absolute atomic E-state index is 0.124. The monoisotopic (exact) mass is 313 g/mol. The van der Waals surface area contributed by atoms with Gasteiger partial charge in [0.2, 0.25) is 0 Å². The zero-order valence-corrected chi connectivity index (χ0v) is 14.4. The highest BCUT2D eigenvalue weighted by molar-refractivity contribution is 6.00. The Balaban J connectivity index is 2.05. The Bertz CT molecular complexity index is 775. The molecule has 0 saturated carbocycles. The summed E-state index contributed by atoms with van der Waals surface area (Å²) in [4.78, 5) is 12.0. The van der Waals surface area contributed by atoms with Crippen LogP contribution in [0.25, 0.3) is 11.1 Å². The molecule has 5 heteroatoms. The van der Waals surface area contributed by atoms with Crippen LogP contribution in [0.2, 0.25) is 0 Å². The number of benzene rings is 1. The molecular weight excluding hydrogens is 290 g/mol. The van der Waals surface area contributed by atoms with Gasteiger partial charge in [0, 0.05) is 17.8 Å². The SMILES string of the molecule is CCCn1nc(C)c(-c2ccc3c(c2)OC(C)(C)C(=O)N3)c1C. The fourth-order valence-electron chi connectivity index (χ4n) is 3.00. The lowest BCUT2D eigenvalue weighted by molar-refractivity contribution is -0.129. The van der Waals surface area contributed by atoms with Crippen molar-refractivity contribution in [3.05, 3.63) is 29.6 Å². The number of carbonyl (C=O) groups excluding carboxylic acids is 1. The summed E-state index contributed by atoms with van der Waals surface area (Å²) in [5.41, 5.74) is 4.22. The standard InChI is InChI=1S/C18H23N3O2/c1-6-9-21-12(3)16(11(2)20-21)13-7-8-14-15(10-13)23-18(4,5)17(22)19-14/h7-8,10H,6,9H2,1-5H3,(H,19,22). The van der Waals surface area contributed by atoms with Gasteiger partial charge in [-0.1, -0.05) is 13.0 Å².